The molecule has 2 atom stereocenters. The van der Waals surface area contributed by atoms with Gasteiger partial charge in [-0.1, -0.05) is 15.9 Å². The molecule has 0 saturated carbocycles. The zero-order chi connectivity index (χ0) is 15.8. The molecule has 5 nitrogen and oxygen atoms in total. The Bertz CT molecular complexity index is 622. The fourth-order valence-corrected chi connectivity index (χ4v) is 4.71. The Morgan fingerprint density at radius 2 is 1.86 bits per heavy atom. The van der Waals surface area contributed by atoms with Crippen molar-refractivity contribution in [3.8, 4) is 5.75 Å². The number of benzene rings is 1. The second-order valence-corrected chi connectivity index (χ2v) is 8.09. The van der Waals surface area contributed by atoms with Crippen LogP contribution in [0.3, 0.4) is 0 Å². The Morgan fingerprint density at radius 1 is 1.29 bits per heavy atom. The molecule has 0 spiro atoms. The van der Waals surface area contributed by atoms with E-state index in [1.54, 1.807) is 12.1 Å². The van der Waals surface area contributed by atoms with Crippen LogP contribution < -0.4 is 4.74 Å². The number of nitrogens with zero attached hydrogens (tertiary/aromatic N) is 1. The number of sulfonamides is 1. The van der Waals surface area contributed by atoms with E-state index in [0.29, 0.717) is 18.8 Å². The van der Waals surface area contributed by atoms with Gasteiger partial charge in [0.2, 0.25) is 10.0 Å². The predicted molar refractivity (Wildman–Crippen MR) is 84.2 cm³/mol. The lowest BCUT2D eigenvalue weighted by Gasteiger charge is -2.34. The van der Waals surface area contributed by atoms with Crippen LogP contribution >= 0.6 is 15.9 Å². The van der Waals surface area contributed by atoms with Crippen LogP contribution in [0.5, 0.6) is 5.75 Å². The molecule has 1 aliphatic heterocycles. The van der Waals surface area contributed by atoms with Crippen molar-refractivity contribution in [2.75, 3.05) is 20.2 Å². The predicted octanol–water partition coefficient (Wildman–Crippen LogP) is 2.56. The maximum atomic E-state index is 12.9. The molecule has 118 valence electrons. The molecule has 2 rings (SSSR count). The Balaban J connectivity index is 2.46. The summed E-state index contributed by atoms with van der Waals surface area (Å²) in [7, 11) is -2.13. The Kier molecular flexibility index (Phi) is 4.97. The summed E-state index contributed by atoms with van der Waals surface area (Å²) in [4.78, 5) is 0.184. The Morgan fingerprint density at radius 3 is 2.38 bits per heavy atom. The highest BCUT2D eigenvalue weighted by atomic mass is 79.9. The minimum atomic E-state index is -3.61. The minimum absolute atomic E-state index is 0.122. The summed E-state index contributed by atoms with van der Waals surface area (Å²) in [6, 6.07) is 3.33. The van der Waals surface area contributed by atoms with Crippen LogP contribution in [0.4, 0.5) is 0 Å². The number of aryl methyl sites for hydroxylation is 1. The quantitative estimate of drug-likeness (QED) is 0.811. The fourth-order valence-electron chi connectivity index (χ4n) is 2.46. The van der Waals surface area contributed by atoms with Gasteiger partial charge in [0.25, 0.3) is 0 Å². The van der Waals surface area contributed by atoms with Crippen molar-refractivity contribution in [2.45, 2.75) is 37.9 Å². The SMILES string of the molecule is COc1cc(C)c(Br)cc1S(=O)(=O)N1C[C@@H](C)O[C@@H](C)C1. The van der Waals surface area contributed by atoms with Gasteiger partial charge in [0.1, 0.15) is 10.6 Å². The number of halogens is 1. The number of hydrogen-bond acceptors (Lipinski definition) is 4. The minimum Gasteiger partial charge on any atom is -0.495 e. The zero-order valence-corrected chi connectivity index (χ0v) is 15.0. The monoisotopic (exact) mass is 377 g/mol. The number of morpholine rings is 1. The first-order valence-electron chi connectivity index (χ1n) is 6.75. The van der Waals surface area contributed by atoms with Crippen LogP contribution in [0.25, 0.3) is 0 Å². The van der Waals surface area contributed by atoms with Crippen LogP contribution in [0, 0.1) is 6.92 Å². The van der Waals surface area contributed by atoms with Crippen molar-refractivity contribution in [3.63, 3.8) is 0 Å². The molecule has 7 heteroatoms. The summed E-state index contributed by atoms with van der Waals surface area (Å²) < 4.78 is 38.8. The van der Waals surface area contributed by atoms with Gasteiger partial charge in [-0.3, -0.25) is 0 Å². The Hall–Kier alpha value is -0.630. The lowest BCUT2D eigenvalue weighted by Crippen LogP contribution is -2.48. The van der Waals surface area contributed by atoms with Crippen molar-refractivity contribution in [1.29, 1.82) is 0 Å². The Labute approximate surface area is 134 Å². The molecule has 1 fully saturated rings. The number of hydrogen-bond donors (Lipinski definition) is 0. The molecule has 1 aromatic rings. The molecular weight excluding hydrogens is 358 g/mol. The lowest BCUT2D eigenvalue weighted by molar-refractivity contribution is -0.0441. The van der Waals surface area contributed by atoms with E-state index in [0.717, 1.165) is 10.0 Å². The third kappa shape index (κ3) is 3.41. The van der Waals surface area contributed by atoms with E-state index < -0.39 is 10.0 Å². The highest BCUT2D eigenvalue weighted by Gasteiger charge is 2.34. The van der Waals surface area contributed by atoms with Gasteiger partial charge in [-0.2, -0.15) is 4.31 Å². The lowest BCUT2D eigenvalue weighted by atomic mass is 10.2. The van der Waals surface area contributed by atoms with E-state index in [4.69, 9.17) is 9.47 Å². The third-order valence-electron chi connectivity index (χ3n) is 3.45. The van der Waals surface area contributed by atoms with Gasteiger partial charge in [-0.25, -0.2) is 8.42 Å². The van der Waals surface area contributed by atoms with Crippen molar-refractivity contribution in [3.05, 3.63) is 22.2 Å². The van der Waals surface area contributed by atoms with Crippen molar-refractivity contribution < 1.29 is 17.9 Å². The van der Waals surface area contributed by atoms with E-state index in [1.165, 1.54) is 11.4 Å². The maximum Gasteiger partial charge on any atom is 0.246 e. The summed E-state index contributed by atoms with van der Waals surface area (Å²) in [6.45, 7) is 6.34. The molecule has 1 aromatic carbocycles. The van der Waals surface area contributed by atoms with Crippen LogP contribution in [-0.4, -0.2) is 45.1 Å². The maximum absolute atomic E-state index is 12.9. The van der Waals surface area contributed by atoms with Crippen molar-refractivity contribution in [2.24, 2.45) is 0 Å². The summed E-state index contributed by atoms with van der Waals surface area (Å²) in [5.41, 5.74) is 0.925. The van der Waals surface area contributed by atoms with Gasteiger partial charge < -0.3 is 9.47 Å². The zero-order valence-electron chi connectivity index (χ0n) is 12.6. The van der Waals surface area contributed by atoms with E-state index in [-0.39, 0.29) is 17.1 Å². The van der Waals surface area contributed by atoms with E-state index in [9.17, 15) is 8.42 Å². The van der Waals surface area contributed by atoms with Gasteiger partial charge in [0.05, 0.1) is 19.3 Å². The molecule has 0 amide bonds. The fraction of sp³-hybridized carbons (Fsp3) is 0.571. The smallest absolute Gasteiger partial charge is 0.246 e. The second-order valence-electron chi connectivity index (χ2n) is 5.33. The molecule has 1 saturated heterocycles. The van der Waals surface area contributed by atoms with Crippen LogP contribution in [0.1, 0.15) is 19.4 Å². The van der Waals surface area contributed by atoms with Crippen molar-refractivity contribution >= 4 is 26.0 Å². The average molecular weight is 378 g/mol. The molecule has 0 radical (unpaired) electrons. The highest BCUT2D eigenvalue weighted by molar-refractivity contribution is 9.10. The molecule has 0 bridgehead atoms. The van der Waals surface area contributed by atoms with Crippen LogP contribution in [0.15, 0.2) is 21.5 Å². The highest BCUT2D eigenvalue weighted by Crippen LogP contribution is 2.33. The topological polar surface area (TPSA) is 55.8 Å². The molecule has 0 aliphatic carbocycles. The summed E-state index contributed by atoms with van der Waals surface area (Å²) >= 11 is 3.39. The molecular formula is C14H20BrNO4S. The van der Waals surface area contributed by atoms with E-state index >= 15 is 0 Å². The van der Waals surface area contributed by atoms with Crippen LogP contribution in [-0.2, 0) is 14.8 Å². The summed E-state index contributed by atoms with van der Waals surface area (Å²) in [5, 5.41) is 0. The third-order valence-corrected chi connectivity index (χ3v) is 6.16. The standard InChI is InChI=1S/C14H20BrNO4S/c1-9-5-13(19-4)14(6-12(9)15)21(17,18)16-7-10(2)20-11(3)8-16/h5-6,10-11H,7-8H2,1-4H3/t10-,11+. The first-order chi connectivity index (χ1) is 9.75. The molecule has 0 unspecified atom stereocenters. The van der Waals surface area contributed by atoms with Crippen LogP contribution in [0.2, 0.25) is 0 Å². The van der Waals surface area contributed by atoms with Gasteiger partial charge in [-0.15, -0.1) is 0 Å². The summed E-state index contributed by atoms with van der Waals surface area (Å²) in [5.74, 6) is 0.363. The number of ether oxygens (including phenoxy) is 2. The van der Waals surface area contributed by atoms with Gasteiger partial charge in [0, 0.05) is 17.6 Å². The molecule has 21 heavy (non-hydrogen) atoms. The molecule has 0 aromatic heterocycles. The van der Waals surface area contributed by atoms with E-state index in [1.807, 2.05) is 20.8 Å². The van der Waals surface area contributed by atoms with Gasteiger partial charge in [0.15, 0.2) is 0 Å². The first-order valence-corrected chi connectivity index (χ1v) is 8.98. The summed E-state index contributed by atoms with van der Waals surface area (Å²) in [6.07, 6.45) is -0.244. The second kappa shape index (κ2) is 6.24. The molecule has 1 heterocycles. The van der Waals surface area contributed by atoms with Gasteiger partial charge >= 0.3 is 0 Å². The number of rotatable bonds is 3. The van der Waals surface area contributed by atoms with Gasteiger partial charge in [-0.05, 0) is 38.5 Å². The largest absolute Gasteiger partial charge is 0.495 e. The van der Waals surface area contributed by atoms with E-state index in [2.05, 4.69) is 15.9 Å². The molecule has 0 N–H and O–H groups in total. The average Bonchev–Trinajstić information content (AvgIpc) is 2.40. The van der Waals surface area contributed by atoms with Crippen molar-refractivity contribution in [1.82, 2.24) is 4.31 Å². The molecule has 1 aliphatic rings. The normalized spacial score (nSPS) is 24.0. The number of methoxy groups -OCH3 is 1. The first kappa shape index (κ1) is 16.7.